The van der Waals surface area contributed by atoms with Crippen LogP contribution in [0.3, 0.4) is 0 Å². The zero-order chi connectivity index (χ0) is 11.7. The minimum Gasteiger partial charge on any atom is -0.298 e. The highest BCUT2D eigenvalue weighted by Crippen LogP contribution is 2.28. The number of carbonyl (C=O) groups is 1. The van der Waals surface area contributed by atoms with Crippen LogP contribution < -0.4 is 0 Å². The molecule has 3 nitrogen and oxygen atoms in total. The lowest BCUT2D eigenvalue weighted by atomic mass is 10.2. The summed E-state index contributed by atoms with van der Waals surface area (Å²) in [6.07, 6.45) is 2.36. The van der Waals surface area contributed by atoms with Gasteiger partial charge in [-0.05, 0) is 6.07 Å². The molecule has 4 heteroatoms. The van der Waals surface area contributed by atoms with Gasteiger partial charge in [0.25, 0.3) is 0 Å². The number of aldehydes is 1. The molecular formula is C13H8N2OS. The maximum Gasteiger partial charge on any atom is 0.151 e. The van der Waals surface area contributed by atoms with Crippen molar-refractivity contribution in [3.05, 3.63) is 48.2 Å². The van der Waals surface area contributed by atoms with Crippen molar-refractivity contribution in [1.29, 1.82) is 0 Å². The Morgan fingerprint density at radius 2 is 2.00 bits per heavy atom. The van der Waals surface area contributed by atoms with Gasteiger partial charge in [0.2, 0.25) is 0 Å². The van der Waals surface area contributed by atoms with Gasteiger partial charge in [0.05, 0.1) is 0 Å². The summed E-state index contributed by atoms with van der Waals surface area (Å²) >= 11 is 1.53. The number of hydrogen-bond acceptors (Lipinski definition) is 4. The predicted molar refractivity (Wildman–Crippen MR) is 68.2 cm³/mol. The fourth-order valence-corrected chi connectivity index (χ4v) is 2.50. The summed E-state index contributed by atoms with van der Waals surface area (Å²) in [6.45, 7) is 0. The molecule has 3 aromatic rings. The van der Waals surface area contributed by atoms with E-state index in [4.69, 9.17) is 0 Å². The molecule has 0 fully saturated rings. The molecule has 0 amide bonds. The molecule has 17 heavy (non-hydrogen) atoms. The number of nitrogens with zero attached hydrogens (tertiary/aromatic N) is 2. The Bertz CT molecular complexity index is 676. The SMILES string of the molecule is O=Cc1cnc2sc(-c3ccccc3)nc2c1. The number of hydrogen-bond donors (Lipinski definition) is 0. The summed E-state index contributed by atoms with van der Waals surface area (Å²) < 4.78 is 0. The van der Waals surface area contributed by atoms with Crippen molar-refractivity contribution in [2.75, 3.05) is 0 Å². The Hall–Kier alpha value is -2.07. The van der Waals surface area contributed by atoms with Gasteiger partial charge in [-0.15, -0.1) is 0 Å². The fourth-order valence-electron chi connectivity index (χ4n) is 1.61. The molecule has 82 valence electrons. The Morgan fingerprint density at radius 1 is 1.18 bits per heavy atom. The van der Waals surface area contributed by atoms with E-state index < -0.39 is 0 Å². The molecule has 0 spiro atoms. The van der Waals surface area contributed by atoms with Gasteiger partial charge in [0, 0.05) is 17.3 Å². The van der Waals surface area contributed by atoms with Gasteiger partial charge in [-0.2, -0.15) is 0 Å². The van der Waals surface area contributed by atoms with Crippen molar-refractivity contribution in [3.8, 4) is 10.6 Å². The lowest BCUT2D eigenvalue weighted by Gasteiger charge is -1.92. The maximum absolute atomic E-state index is 10.7. The number of fused-ring (bicyclic) bond motifs is 1. The summed E-state index contributed by atoms with van der Waals surface area (Å²) in [5.41, 5.74) is 2.41. The lowest BCUT2D eigenvalue weighted by molar-refractivity contribution is 0.112. The van der Waals surface area contributed by atoms with Gasteiger partial charge in [0.1, 0.15) is 15.4 Å². The molecule has 2 aromatic heterocycles. The topological polar surface area (TPSA) is 42.9 Å². The summed E-state index contributed by atoms with van der Waals surface area (Å²) in [5.74, 6) is 0. The molecule has 0 aliphatic rings. The molecule has 0 bridgehead atoms. The quantitative estimate of drug-likeness (QED) is 0.646. The Balaban J connectivity index is 2.17. The van der Waals surface area contributed by atoms with Crippen molar-refractivity contribution in [3.63, 3.8) is 0 Å². The second-order valence-corrected chi connectivity index (χ2v) is 4.57. The molecule has 0 saturated heterocycles. The third kappa shape index (κ3) is 1.83. The highest BCUT2D eigenvalue weighted by Gasteiger charge is 2.07. The highest BCUT2D eigenvalue weighted by atomic mass is 32.1. The number of carbonyl (C=O) groups excluding carboxylic acids is 1. The zero-order valence-electron chi connectivity index (χ0n) is 8.83. The number of thiazole rings is 1. The third-order valence-electron chi connectivity index (χ3n) is 2.43. The van der Waals surface area contributed by atoms with E-state index in [2.05, 4.69) is 9.97 Å². The van der Waals surface area contributed by atoms with E-state index in [-0.39, 0.29) is 0 Å². The molecule has 1 aromatic carbocycles. The molecule has 0 aliphatic carbocycles. The van der Waals surface area contributed by atoms with Crippen molar-refractivity contribution in [2.45, 2.75) is 0 Å². The average molecular weight is 240 g/mol. The molecule has 0 atom stereocenters. The first-order valence-electron chi connectivity index (χ1n) is 5.14. The smallest absolute Gasteiger partial charge is 0.151 e. The monoisotopic (exact) mass is 240 g/mol. The number of pyridine rings is 1. The van der Waals surface area contributed by atoms with Crippen LogP contribution in [0.2, 0.25) is 0 Å². The first-order valence-corrected chi connectivity index (χ1v) is 5.95. The van der Waals surface area contributed by atoms with Gasteiger partial charge in [0.15, 0.2) is 6.29 Å². The van der Waals surface area contributed by atoms with Gasteiger partial charge in [-0.25, -0.2) is 9.97 Å². The number of benzene rings is 1. The van der Waals surface area contributed by atoms with Crippen LogP contribution in [0.15, 0.2) is 42.6 Å². The van der Waals surface area contributed by atoms with Crippen LogP contribution in [-0.4, -0.2) is 16.3 Å². The minimum atomic E-state index is 0.558. The largest absolute Gasteiger partial charge is 0.298 e. The summed E-state index contributed by atoms with van der Waals surface area (Å²) in [5, 5.41) is 0.927. The molecule has 0 N–H and O–H groups in total. The number of aromatic nitrogens is 2. The Morgan fingerprint density at radius 3 is 2.76 bits per heavy atom. The standard InChI is InChI=1S/C13H8N2OS/c16-8-9-6-11-13(14-7-9)17-12(15-11)10-4-2-1-3-5-10/h1-8H. The second kappa shape index (κ2) is 4.07. The average Bonchev–Trinajstić information content (AvgIpc) is 2.82. The zero-order valence-corrected chi connectivity index (χ0v) is 9.65. The van der Waals surface area contributed by atoms with E-state index in [0.29, 0.717) is 5.56 Å². The first-order chi connectivity index (χ1) is 8.36. The molecule has 0 unspecified atom stereocenters. The van der Waals surface area contributed by atoms with Crippen LogP contribution in [0, 0.1) is 0 Å². The van der Waals surface area contributed by atoms with Crippen LogP contribution in [0.4, 0.5) is 0 Å². The van der Waals surface area contributed by atoms with Crippen molar-refractivity contribution in [2.24, 2.45) is 0 Å². The van der Waals surface area contributed by atoms with Gasteiger partial charge < -0.3 is 0 Å². The summed E-state index contributed by atoms with van der Waals surface area (Å²) in [4.78, 5) is 20.2. The molecule has 3 rings (SSSR count). The second-order valence-electron chi connectivity index (χ2n) is 3.60. The highest BCUT2D eigenvalue weighted by molar-refractivity contribution is 7.21. The van der Waals surface area contributed by atoms with Crippen LogP contribution in [0.5, 0.6) is 0 Å². The van der Waals surface area contributed by atoms with E-state index in [1.807, 2.05) is 30.3 Å². The van der Waals surface area contributed by atoms with Crippen LogP contribution >= 0.6 is 11.3 Å². The molecule has 2 heterocycles. The molecule has 0 radical (unpaired) electrons. The van der Waals surface area contributed by atoms with Crippen LogP contribution in [0.1, 0.15) is 10.4 Å². The summed E-state index contributed by atoms with van der Waals surface area (Å²) in [6, 6.07) is 11.7. The number of rotatable bonds is 2. The van der Waals surface area contributed by atoms with E-state index in [9.17, 15) is 4.79 Å². The van der Waals surface area contributed by atoms with Gasteiger partial charge in [-0.3, -0.25) is 4.79 Å². The van der Waals surface area contributed by atoms with E-state index in [1.165, 1.54) is 11.3 Å². The van der Waals surface area contributed by atoms with Crippen LogP contribution in [0.25, 0.3) is 20.9 Å². The third-order valence-corrected chi connectivity index (χ3v) is 3.45. The van der Waals surface area contributed by atoms with Gasteiger partial charge >= 0.3 is 0 Å². The van der Waals surface area contributed by atoms with Crippen molar-refractivity contribution in [1.82, 2.24) is 9.97 Å². The maximum atomic E-state index is 10.7. The predicted octanol–water partition coefficient (Wildman–Crippen LogP) is 3.17. The fraction of sp³-hybridized carbons (Fsp3) is 0. The molecule has 0 aliphatic heterocycles. The summed E-state index contributed by atoms with van der Waals surface area (Å²) in [7, 11) is 0. The van der Waals surface area contributed by atoms with Crippen molar-refractivity contribution < 1.29 is 4.79 Å². The Kier molecular flexibility index (Phi) is 2.42. The first kappa shape index (κ1) is 10.1. The van der Waals surface area contributed by atoms with E-state index >= 15 is 0 Å². The minimum absolute atomic E-state index is 0.558. The van der Waals surface area contributed by atoms with Crippen LogP contribution in [-0.2, 0) is 0 Å². The molecular weight excluding hydrogens is 232 g/mol. The molecule has 0 saturated carbocycles. The normalized spacial score (nSPS) is 10.6. The Labute approximate surface area is 102 Å². The van der Waals surface area contributed by atoms with E-state index in [0.717, 1.165) is 27.2 Å². The van der Waals surface area contributed by atoms with Gasteiger partial charge in [-0.1, -0.05) is 41.7 Å². The van der Waals surface area contributed by atoms with E-state index in [1.54, 1.807) is 12.3 Å². The lowest BCUT2D eigenvalue weighted by Crippen LogP contribution is -1.81. The van der Waals surface area contributed by atoms with Crippen molar-refractivity contribution >= 4 is 28.0 Å².